The van der Waals surface area contributed by atoms with E-state index < -0.39 is 0 Å². The Bertz CT molecular complexity index is 316. The van der Waals surface area contributed by atoms with Crippen LogP contribution in [-0.2, 0) is 0 Å². The molecule has 1 nitrogen and oxygen atoms in total. The number of hydrogen-bond acceptors (Lipinski definition) is 1. The summed E-state index contributed by atoms with van der Waals surface area (Å²) in [6.45, 7) is 6.96. The molecule has 1 fully saturated rings. The van der Waals surface area contributed by atoms with Gasteiger partial charge < -0.3 is 4.90 Å². The predicted octanol–water partition coefficient (Wildman–Crippen LogP) is 3.06. The maximum absolute atomic E-state index is 2.46. The average Bonchev–Trinajstić information content (AvgIpc) is 2.05. The van der Waals surface area contributed by atoms with E-state index in [1.54, 1.807) is 0 Å². The molecule has 0 aliphatic carbocycles. The van der Waals surface area contributed by atoms with Crippen LogP contribution in [0, 0.1) is 16.4 Å². The van der Waals surface area contributed by atoms with Crippen molar-refractivity contribution in [2.24, 2.45) is 5.92 Å². The minimum Gasteiger partial charge on any atom is -0.371 e. The van der Waals surface area contributed by atoms with Crippen molar-refractivity contribution in [1.82, 2.24) is 0 Å². The lowest BCUT2D eigenvalue weighted by molar-refractivity contribution is 0.446. The third-order valence-electron chi connectivity index (χ3n) is 2.64. The molecule has 2 heteroatoms. The molecule has 2 rings (SSSR count). The highest BCUT2D eigenvalue weighted by atomic mass is 127. The molecule has 0 N–H and O–H groups in total. The molecule has 0 bridgehead atoms. The lowest BCUT2D eigenvalue weighted by Crippen LogP contribution is -2.45. The monoisotopic (exact) mass is 287 g/mol. The maximum Gasteiger partial charge on any atom is 0.0406 e. The number of anilines is 1. The second-order valence-electron chi connectivity index (χ2n) is 3.89. The van der Waals surface area contributed by atoms with Gasteiger partial charge in [-0.05, 0) is 53.1 Å². The molecule has 1 heterocycles. The quantitative estimate of drug-likeness (QED) is 0.718. The molecule has 1 aliphatic heterocycles. The fourth-order valence-corrected chi connectivity index (χ4v) is 2.32. The van der Waals surface area contributed by atoms with Crippen LogP contribution in [0.2, 0.25) is 0 Å². The van der Waals surface area contributed by atoms with E-state index in [4.69, 9.17) is 0 Å². The first-order valence-electron chi connectivity index (χ1n) is 4.68. The van der Waals surface area contributed by atoms with Gasteiger partial charge in [0.15, 0.2) is 0 Å². The van der Waals surface area contributed by atoms with Gasteiger partial charge in [0.05, 0.1) is 0 Å². The molecule has 0 spiro atoms. The van der Waals surface area contributed by atoms with E-state index in [2.05, 4.69) is 59.5 Å². The van der Waals surface area contributed by atoms with Crippen LogP contribution in [0.1, 0.15) is 12.5 Å². The Labute approximate surface area is 93.3 Å². The van der Waals surface area contributed by atoms with E-state index >= 15 is 0 Å². The third-order valence-corrected chi connectivity index (χ3v) is 3.81. The molecule has 70 valence electrons. The standard InChI is InChI=1S/C11H14IN/c1-8-6-13(7-8)11-5-3-4-10(12)9(11)2/h3-5,8H,6-7H2,1-2H3. The van der Waals surface area contributed by atoms with Gasteiger partial charge in [-0.25, -0.2) is 0 Å². The second kappa shape index (κ2) is 3.48. The van der Waals surface area contributed by atoms with E-state index in [9.17, 15) is 0 Å². The van der Waals surface area contributed by atoms with Gasteiger partial charge in [-0.2, -0.15) is 0 Å². The summed E-state index contributed by atoms with van der Waals surface area (Å²) in [5, 5.41) is 0. The Balaban J connectivity index is 2.26. The van der Waals surface area contributed by atoms with Gasteiger partial charge in [-0.3, -0.25) is 0 Å². The Morgan fingerprint density at radius 1 is 1.38 bits per heavy atom. The number of halogens is 1. The summed E-state index contributed by atoms with van der Waals surface area (Å²) in [6.07, 6.45) is 0. The molecule has 13 heavy (non-hydrogen) atoms. The van der Waals surface area contributed by atoms with Gasteiger partial charge in [-0.1, -0.05) is 13.0 Å². The Morgan fingerprint density at radius 3 is 2.69 bits per heavy atom. The van der Waals surface area contributed by atoms with Crippen molar-refractivity contribution < 1.29 is 0 Å². The fraction of sp³-hybridized carbons (Fsp3) is 0.455. The van der Waals surface area contributed by atoms with E-state index in [1.165, 1.54) is 27.9 Å². The van der Waals surface area contributed by atoms with Crippen molar-refractivity contribution in [3.05, 3.63) is 27.3 Å². The lowest BCUT2D eigenvalue weighted by Gasteiger charge is -2.40. The molecule has 1 aromatic rings. The summed E-state index contributed by atoms with van der Waals surface area (Å²) in [4.78, 5) is 2.46. The number of rotatable bonds is 1. The first-order valence-corrected chi connectivity index (χ1v) is 5.76. The minimum absolute atomic E-state index is 0.872. The Hall–Kier alpha value is -0.250. The summed E-state index contributed by atoms with van der Waals surface area (Å²) in [5.41, 5.74) is 2.85. The van der Waals surface area contributed by atoms with Crippen molar-refractivity contribution in [1.29, 1.82) is 0 Å². The number of benzene rings is 1. The van der Waals surface area contributed by atoms with Crippen LogP contribution in [-0.4, -0.2) is 13.1 Å². The van der Waals surface area contributed by atoms with Crippen LogP contribution in [0.4, 0.5) is 5.69 Å². The SMILES string of the molecule is Cc1c(I)cccc1N1CC(C)C1. The molecule has 1 aliphatic rings. The van der Waals surface area contributed by atoms with Crippen LogP contribution >= 0.6 is 22.6 Å². The van der Waals surface area contributed by atoms with Crippen LogP contribution in [0.5, 0.6) is 0 Å². The molecule has 0 aromatic heterocycles. The second-order valence-corrected chi connectivity index (χ2v) is 5.06. The van der Waals surface area contributed by atoms with Crippen LogP contribution in [0.15, 0.2) is 18.2 Å². The van der Waals surface area contributed by atoms with E-state index in [-0.39, 0.29) is 0 Å². The van der Waals surface area contributed by atoms with Crippen LogP contribution < -0.4 is 4.90 Å². The molecule has 0 radical (unpaired) electrons. The van der Waals surface area contributed by atoms with E-state index in [0.717, 1.165) is 5.92 Å². The topological polar surface area (TPSA) is 3.24 Å². The minimum atomic E-state index is 0.872. The lowest BCUT2D eigenvalue weighted by atomic mass is 10.0. The highest BCUT2D eigenvalue weighted by Gasteiger charge is 2.23. The largest absolute Gasteiger partial charge is 0.371 e. The van der Waals surface area contributed by atoms with E-state index in [0.29, 0.717) is 0 Å². The Morgan fingerprint density at radius 2 is 2.08 bits per heavy atom. The third kappa shape index (κ3) is 1.68. The molecular formula is C11H14IN. The summed E-state index contributed by atoms with van der Waals surface area (Å²) in [5.74, 6) is 0.872. The molecule has 0 saturated carbocycles. The van der Waals surface area contributed by atoms with Gasteiger partial charge in [0.2, 0.25) is 0 Å². The zero-order chi connectivity index (χ0) is 9.42. The summed E-state index contributed by atoms with van der Waals surface area (Å²) < 4.78 is 1.37. The van der Waals surface area contributed by atoms with Crippen molar-refractivity contribution >= 4 is 28.3 Å². The maximum atomic E-state index is 2.46. The fourth-order valence-electron chi connectivity index (χ4n) is 1.83. The molecule has 1 saturated heterocycles. The number of hydrogen-bond donors (Lipinski definition) is 0. The van der Waals surface area contributed by atoms with Crippen molar-refractivity contribution in [3.63, 3.8) is 0 Å². The van der Waals surface area contributed by atoms with Crippen molar-refractivity contribution in [2.75, 3.05) is 18.0 Å². The van der Waals surface area contributed by atoms with Gasteiger partial charge in [0.1, 0.15) is 0 Å². The molecule has 1 aromatic carbocycles. The number of nitrogens with zero attached hydrogens (tertiary/aromatic N) is 1. The van der Waals surface area contributed by atoms with Crippen molar-refractivity contribution in [3.8, 4) is 0 Å². The molecule has 0 amide bonds. The van der Waals surface area contributed by atoms with Crippen LogP contribution in [0.3, 0.4) is 0 Å². The first kappa shape index (κ1) is 9.31. The molecule has 0 unspecified atom stereocenters. The van der Waals surface area contributed by atoms with Crippen molar-refractivity contribution in [2.45, 2.75) is 13.8 Å². The summed E-state index contributed by atoms with van der Waals surface area (Å²) in [7, 11) is 0. The molecular weight excluding hydrogens is 273 g/mol. The van der Waals surface area contributed by atoms with E-state index in [1.807, 2.05) is 0 Å². The smallest absolute Gasteiger partial charge is 0.0406 e. The predicted molar refractivity (Wildman–Crippen MR) is 65.3 cm³/mol. The van der Waals surface area contributed by atoms with Gasteiger partial charge in [0, 0.05) is 22.3 Å². The zero-order valence-corrected chi connectivity index (χ0v) is 10.2. The summed E-state index contributed by atoms with van der Waals surface area (Å²) in [6, 6.07) is 6.54. The summed E-state index contributed by atoms with van der Waals surface area (Å²) >= 11 is 2.40. The normalized spacial score (nSPS) is 17.3. The van der Waals surface area contributed by atoms with Crippen LogP contribution in [0.25, 0.3) is 0 Å². The Kier molecular flexibility index (Phi) is 2.49. The highest BCUT2D eigenvalue weighted by Crippen LogP contribution is 2.29. The average molecular weight is 287 g/mol. The first-order chi connectivity index (χ1) is 6.18. The van der Waals surface area contributed by atoms with Gasteiger partial charge in [-0.15, -0.1) is 0 Å². The highest BCUT2D eigenvalue weighted by molar-refractivity contribution is 14.1. The zero-order valence-electron chi connectivity index (χ0n) is 8.05. The van der Waals surface area contributed by atoms with Gasteiger partial charge >= 0.3 is 0 Å². The molecule has 0 atom stereocenters. The van der Waals surface area contributed by atoms with Gasteiger partial charge in [0.25, 0.3) is 0 Å².